The lowest BCUT2D eigenvalue weighted by Gasteiger charge is -2.29. The Bertz CT molecular complexity index is 758. The molecule has 3 aromatic rings. The number of fused-ring (bicyclic) bond motifs is 1. The fourth-order valence-corrected chi connectivity index (χ4v) is 3.02. The largest absolute Gasteiger partial charge is 0.448 e. The van der Waals surface area contributed by atoms with Crippen molar-refractivity contribution in [2.24, 2.45) is 0 Å². The maximum absolute atomic E-state index is 5.32. The number of aromatic nitrogens is 5. The van der Waals surface area contributed by atoms with Crippen molar-refractivity contribution in [1.82, 2.24) is 29.7 Å². The summed E-state index contributed by atoms with van der Waals surface area (Å²) in [4.78, 5) is 6.55. The molecule has 3 aromatic heterocycles. The molecule has 4 rings (SSSR count). The molecular weight excluding hydrogens is 280 g/mol. The molecule has 0 spiro atoms. The van der Waals surface area contributed by atoms with Crippen LogP contribution in [0.5, 0.6) is 0 Å². The monoisotopic (exact) mass is 298 g/mol. The van der Waals surface area contributed by atoms with Gasteiger partial charge < -0.3 is 4.42 Å². The second-order valence-electron chi connectivity index (χ2n) is 5.78. The molecule has 114 valence electrons. The number of hydrogen-bond acceptors (Lipinski definition) is 6. The molecule has 0 N–H and O–H groups in total. The van der Waals surface area contributed by atoms with Crippen LogP contribution in [-0.2, 0) is 6.54 Å². The number of likely N-dealkylation sites (tertiary alicyclic amines) is 1. The van der Waals surface area contributed by atoms with Crippen LogP contribution < -0.4 is 0 Å². The summed E-state index contributed by atoms with van der Waals surface area (Å²) in [5, 5.41) is 13.1. The van der Waals surface area contributed by atoms with Crippen molar-refractivity contribution in [3.8, 4) is 0 Å². The number of nitrogens with zero attached hydrogens (tertiary/aromatic N) is 6. The van der Waals surface area contributed by atoms with Crippen molar-refractivity contribution in [3.05, 3.63) is 42.0 Å². The molecule has 1 aliphatic rings. The fraction of sp³-hybridized carbons (Fsp3) is 0.467. The number of piperidine rings is 1. The van der Waals surface area contributed by atoms with E-state index in [0.717, 1.165) is 55.5 Å². The topological polar surface area (TPSA) is 72.4 Å². The Kier molecular flexibility index (Phi) is 3.34. The van der Waals surface area contributed by atoms with Crippen molar-refractivity contribution < 1.29 is 4.42 Å². The molecule has 1 saturated heterocycles. The van der Waals surface area contributed by atoms with Crippen molar-refractivity contribution in [1.29, 1.82) is 0 Å². The number of aryl methyl sites for hydroxylation is 1. The molecule has 0 aromatic carbocycles. The second kappa shape index (κ2) is 5.49. The Hall–Kier alpha value is -2.28. The van der Waals surface area contributed by atoms with Gasteiger partial charge in [-0.15, -0.1) is 10.2 Å². The van der Waals surface area contributed by atoms with Crippen LogP contribution in [0.1, 0.15) is 36.2 Å². The molecule has 0 bridgehead atoms. The standard InChI is InChI=1S/C15H18N6O/c1-11-2-3-13-17-18-15(21(13)19-11)12-4-7-20(8-5-12)10-14-16-6-9-22-14/h2-3,6,9,12H,4-5,7-8,10H2,1H3. The van der Waals surface area contributed by atoms with Crippen LogP contribution in [0, 0.1) is 6.92 Å². The highest BCUT2D eigenvalue weighted by atomic mass is 16.3. The summed E-state index contributed by atoms with van der Waals surface area (Å²) in [7, 11) is 0. The number of rotatable bonds is 3. The zero-order valence-electron chi connectivity index (χ0n) is 12.5. The van der Waals surface area contributed by atoms with Gasteiger partial charge in [-0.25, -0.2) is 4.98 Å². The van der Waals surface area contributed by atoms with Crippen molar-refractivity contribution in [2.45, 2.75) is 32.2 Å². The predicted molar refractivity (Wildman–Crippen MR) is 79.3 cm³/mol. The third-order valence-electron chi connectivity index (χ3n) is 4.22. The molecule has 7 heteroatoms. The SMILES string of the molecule is Cc1ccc2nnc(C3CCN(Cc4ncco4)CC3)n2n1. The summed E-state index contributed by atoms with van der Waals surface area (Å²) in [5.74, 6) is 2.17. The lowest BCUT2D eigenvalue weighted by Crippen LogP contribution is -2.33. The van der Waals surface area contributed by atoms with Gasteiger partial charge in [0.25, 0.3) is 0 Å². The number of hydrogen-bond donors (Lipinski definition) is 0. The predicted octanol–water partition coefficient (Wildman–Crippen LogP) is 1.80. The minimum absolute atomic E-state index is 0.408. The molecule has 7 nitrogen and oxygen atoms in total. The summed E-state index contributed by atoms with van der Waals surface area (Å²) in [5.41, 5.74) is 1.80. The van der Waals surface area contributed by atoms with E-state index in [4.69, 9.17) is 4.42 Å². The van der Waals surface area contributed by atoms with Gasteiger partial charge in [-0.2, -0.15) is 9.61 Å². The average Bonchev–Trinajstić information content (AvgIpc) is 3.17. The average molecular weight is 298 g/mol. The Morgan fingerprint density at radius 1 is 1.23 bits per heavy atom. The number of oxazole rings is 1. The zero-order chi connectivity index (χ0) is 14.9. The fourth-order valence-electron chi connectivity index (χ4n) is 3.02. The van der Waals surface area contributed by atoms with Gasteiger partial charge in [0, 0.05) is 5.92 Å². The maximum Gasteiger partial charge on any atom is 0.208 e. The van der Waals surface area contributed by atoms with Gasteiger partial charge in [0.1, 0.15) is 6.26 Å². The normalized spacial score (nSPS) is 17.3. The van der Waals surface area contributed by atoms with Gasteiger partial charge in [-0.3, -0.25) is 4.90 Å². The van der Waals surface area contributed by atoms with Crippen LogP contribution in [0.3, 0.4) is 0 Å². The van der Waals surface area contributed by atoms with Crippen LogP contribution in [0.25, 0.3) is 5.65 Å². The van der Waals surface area contributed by atoms with Gasteiger partial charge in [-0.05, 0) is 45.0 Å². The molecule has 0 radical (unpaired) electrons. The van der Waals surface area contributed by atoms with E-state index in [-0.39, 0.29) is 0 Å². The highest BCUT2D eigenvalue weighted by molar-refractivity contribution is 5.36. The zero-order valence-corrected chi connectivity index (χ0v) is 12.5. The molecule has 0 saturated carbocycles. The molecule has 0 amide bonds. The van der Waals surface area contributed by atoms with E-state index < -0.39 is 0 Å². The summed E-state index contributed by atoms with van der Waals surface area (Å²) in [6.07, 6.45) is 5.42. The first-order valence-electron chi connectivity index (χ1n) is 7.59. The molecular formula is C15H18N6O. The second-order valence-corrected chi connectivity index (χ2v) is 5.78. The van der Waals surface area contributed by atoms with Gasteiger partial charge in [0.15, 0.2) is 11.5 Å². The highest BCUT2D eigenvalue weighted by Crippen LogP contribution is 2.27. The summed E-state index contributed by atoms with van der Waals surface area (Å²) in [6, 6.07) is 3.93. The Morgan fingerprint density at radius 2 is 2.09 bits per heavy atom. The van der Waals surface area contributed by atoms with Gasteiger partial charge in [0.2, 0.25) is 5.89 Å². The third-order valence-corrected chi connectivity index (χ3v) is 4.22. The molecule has 22 heavy (non-hydrogen) atoms. The molecule has 0 aliphatic carbocycles. The molecule has 1 aliphatic heterocycles. The first-order chi connectivity index (χ1) is 10.8. The van der Waals surface area contributed by atoms with Crippen LogP contribution >= 0.6 is 0 Å². The minimum atomic E-state index is 0.408. The van der Waals surface area contributed by atoms with Gasteiger partial charge in [0.05, 0.1) is 18.4 Å². The highest BCUT2D eigenvalue weighted by Gasteiger charge is 2.25. The van der Waals surface area contributed by atoms with E-state index in [1.165, 1.54) is 0 Å². The van der Waals surface area contributed by atoms with Gasteiger partial charge >= 0.3 is 0 Å². The maximum atomic E-state index is 5.32. The summed E-state index contributed by atoms with van der Waals surface area (Å²) >= 11 is 0. The summed E-state index contributed by atoms with van der Waals surface area (Å²) < 4.78 is 7.21. The Labute approximate surface area is 128 Å². The molecule has 1 fully saturated rings. The summed E-state index contributed by atoms with van der Waals surface area (Å²) in [6.45, 7) is 4.78. The van der Waals surface area contributed by atoms with Crippen molar-refractivity contribution in [2.75, 3.05) is 13.1 Å². The Balaban J connectivity index is 1.47. The lowest BCUT2D eigenvalue weighted by molar-refractivity contribution is 0.184. The van der Waals surface area contributed by atoms with E-state index >= 15 is 0 Å². The Morgan fingerprint density at radius 3 is 2.86 bits per heavy atom. The van der Waals surface area contributed by atoms with E-state index in [9.17, 15) is 0 Å². The van der Waals surface area contributed by atoms with Crippen LogP contribution in [0.2, 0.25) is 0 Å². The molecule has 4 heterocycles. The molecule has 0 unspecified atom stereocenters. The minimum Gasteiger partial charge on any atom is -0.448 e. The lowest BCUT2D eigenvalue weighted by atomic mass is 9.96. The smallest absolute Gasteiger partial charge is 0.208 e. The van der Waals surface area contributed by atoms with Crippen LogP contribution in [0.15, 0.2) is 29.0 Å². The van der Waals surface area contributed by atoms with Crippen molar-refractivity contribution >= 4 is 5.65 Å². The van der Waals surface area contributed by atoms with E-state index in [1.807, 2.05) is 23.6 Å². The van der Waals surface area contributed by atoms with Crippen molar-refractivity contribution in [3.63, 3.8) is 0 Å². The third kappa shape index (κ3) is 2.48. The van der Waals surface area contributed by atoms with Crippen LogP contribution in [0.4, 0.5) is 0 Å². The first kappa shape index (κ1) is 13.4. The van der Waals surface area contributed by atoms with E-state index in [1.54, 1.807) is 12.5 Å². The molecule has 0 atom stereocenters. The quantitative estimate of drug-likeness (QED) is 0.734. The van der Waals surface area contributed by atoms with E-state index in [2.05, 4.69) is 25.2 Å². The first-order valence-corrected chi connectivity index (χ1v) is 7.59. The van der Waals surface area contributed by atoms with Gasteiger partial charge in [-0.1, -0.05) is 0 Å². The van der Waals surface area contributed by atoms with Crippen LogP contribution in [-0.4, -0.2) is 42.8 Å². The van der Waals surface area contributed by atoms with E-state index in [0.29, 0.717) is 5.92 Å².